The quantitative estimate of drug-likeness (QED) is 0.599. The number of rotatable bonds is 7. The number of benzene rings is 1. The third-order valence-electron chi connectivity index (χ3n) is 2.80. The number of hydrogen-bond acceptors (Lipinski definition) is 4. The van der Waals surface area contributed by atoms with Crippen LogP contribution in [0.2, 0.25) is 0 Å². The number of nitro benzene ring substituents is 1. The first-order valence-electron chi connectivity index (χ1n) is 5.85. The molecule has 2 N–H and O–H groups in total. The maximum absolute atomic E-state index is 10.6. The van der Waals surface area contributed by atoms with E-state index in [1.165, 1.54) is 12.1 Å². The lowest BCUT2D eigenvalue weighted by atomic mass is 10.1. The van der Waals surface area contributed by atoms with Crippen LogP contribution in [0.4, 0.5) is 5.69 Å². The van der Waals surface area contributed by atoms with Crippen molar-refractivity contribution in [2.24, 2.45) is 0 Å². The van der Waals surface area contributed by atoms with Crippen LogP contribution in [0.15, 0.2) is 22.7 Å². The number of non-ortho nitro benzene ring substituents is 1. The molecule has 0 saturated carbocycles. The molecule has 0 heterocycles. The Morgan fingerprint density at radius 3 is 2.78 bits per heavy atom. The second kappa shape index (κ2) is 7.45. The fourth-order valence-corrected chi connectivity index (χ4v) is 2.16. The van der Waals surface area contributed by atoms with Crippen molar-refractivity contribution in [2.75, 3.05) is 6.61 Å². The minimum Gasteiger partial charge on any atom is -0.396 e. The van der Waals surface area contributed by atoms with Gasteiger partial charge < -0.3 is 10.4 Å². The van der Waals surface area contributed by atoms with E-state index in [1.807, 2.05) is 0 Å². The van der Waals surface area contributed by atoms with Crippen LogP contribution >= 0.6 is 15.9 Å². The van der Waals surface area contributed by atoms with Gasteiger partial charge in [-0.3, -0.25) is 10.1 Å². The normalized spacial score (nSPS) is 12.4. The summed E-state index contributed by atoms with van der Waals surface area (Å²) in [5.74, 6) is 0. The lowest BCUT2D eigenvalue weighted by Gasteiger charge is -2.16. The Bertz CT molecular complexity index is 412. The summed E-state index contributed by atoms with van der Waals surface area (Å²) >= 11 is 3.33. The average molecular weight is 317 g/mol. The summed E-state index contributed by atoms with van der Waals surface area (Å²) in [6.07, 6.45) is 1.65. The molecule has 1 rings (SSSR count). The van der Waals surface area contributed by atoms with Crippen molar-refractivity contribution in [1.29, 1.82) is 0 Å². The van der Waals surface area contributed by atoms with Crippen molar-refractivity contribution >= 4 is 21.6 Å². The van der Waals surface area contributed by atoms with Gasteiger partial charge in [0.15, 0.2) is 0 Å². The molecule has 0 bridgehead atoms. The highest BCUT2D eigenvalue weighted by molar-refractivity contribution is 9.10. The Morgan fingerprint density at radius 1 is 1.56 bits per heavy atom. The van der Waals surface area contributed by atoms with Crippen molar-refractivity contribution in [3.8, 4) is 0 Å². The number of aliphatic hydroxyl groups is 1. The molecule has 0 aliphatic heterocycles. The number of nitro groups is 1. The van der Waals surface area contributed by atoms with Crippen LogP contribution < -0.4 is 5.32 Å². The van der Waals surface area contributed by atoms with Gasteiger partial charge >= 0.3 is 0 Å². The summed E-state index contributed by atoms with van der Waals surface area (Å²) in [6, 6.07) is 5.00. The van der Waals surface area contributed by atoms with Gasteiger partial charge in [0.25, 0.3) is 5.69 Å². The molecule has 0 saturated heterocycles. The molecule has 5 nitrogen and oxygen atoms in total. The minimum atomic E-state index is -0.414. The maximum Gasteiger partial charge on any atom is 0.270 e. The van der Waals surface area contributed by atoms with E-state index in [0.29, 0.717) is 13.0 Å². The molecular weight excluding hydrogens is 300 g/mol. The molecule has 1 aromatic carbocycles. The van der Waals surface area contributed by atoms with E-state index in [9.17, 15) is 10.1 Å². The van der Waals surface area contributed by atoms with E-state index in [2.05, 4.69) is 28.2 Å². The van der Waals surface area contributed by atoms with E-state index >= 15 is 0 Å². The average Bonchev–Trinajstić information content (AvgIpc) is 2.35. The third kappa shape index (κ3) is 4.36. The maximum atomic E-state index is 10.6. The van der Waals surface area contributed by atoms with Crippen LogP contribution in [-0.2, 0) is 6.54 Å². The molecule has 1 atom stereocenters. The molecule has 0 aliphatic rings. The van der Waals surface area contributed by atoms with Crippen LogP contribution in [0.25, 0.3) is 0 Å². The molecule has 0 spiro atoms. The Balaban J connectivity index is 2.65. The first-order chi connectivity index (χ1) is 8.58. The van der Waals surface area contributed by atoms with E-state index in [4.69, 9.17) is 5.11 Å². The lowest BCUT2D eigenvalue weighted by molar-refractivity contribution is -0.384. The topological polar surface area (TPSA) is 75.4 Å². The number of hydrogen-bond donors (Lipinski definition) is 2. The van der Waals surface area contributed by atoms with E-state index in [0.717, 1.165) is 16.5 Å². The van der Waals surface area contributed by atoms with Crippen molar-refractivity contribution in [2.45, 2.75) is 32.4 Å². The standard InChI is InChI=1S/C12H17BrN2O3/c1-2-10(5-6-16)14-8-9-3-4-11(15(17)18)7-12(9)13/h3-4,7,10,14,16H,2,5-6,8H2,1H3. The lowest BCUT2D eigenvalue weighted by Crippen LogP contribution is -2.28. The second-order valence-electron chi connectivity index (χ2n) is 4.03. The van der Waals surface area contributed by atoms with Crippen LogP contribution in [-0.4, -0.2) is 22.7 Å². The highest BCUT2D eigenvalue weighted by atomic mass is 79.9. The van der Waals surface area contributed by atoms with Gasteiger partial charge in [-0.1, -0.05) is 22.9 Å². The number of aliphatic hydroxyl groups excluding tert-OH is 1. The summed E-state index contributed by atoms with van der Waals surface area (Å²) in [4.78, 5) is 10.2. The summed E-state index contributed by atoms with van der Waals surface area (Å²) in [6.45, 7) is 2.84. The van der Waals surface area contributed by atoms with Gasteiger partial charge in [-0.2, -0.15) is 0 Å². The second-order valence-corrected chi connectivity index (χ2v) is 4.89. The molecule has 0 radical (unpaired) electrons. The number of halogens is 1. The van der Waals surface area contributed by atoms with Crippen LogP contribution in [0.3, 0.4) is 0 Å². The fraction of sp³-hybridized carbons (Fsp3) is 0.500. The van der Waals surface area contributed by atoms with Crippen LogP contribution in [0, 0.1) is 10.1 Å². The molecule has 18 heavy (non-hydrogen) atoms. The van der Waals surface area contributed by atoms with Crippen LogP contribution in [0.5, 0.6) is 0 Å². The van der Waals surface area contributed by atoms with Gasteiger partial charge in [-0.15, -0.1) is 0 Å². The predicted molar refractivity (Wildman–Crippen MR) is 73.4 cm³/mol. The zero-order valence-electron chi connectivity index (χ0n) is 10.2. The molecule has 0 aromatic heterocycles. The van der Waals surface area contributed by atoms with Gasteiger partial charge in [0, 0.05) is 35.8 Å². The zero-order valence-corrected chi connectivity index (χ0v) is 11.8. The molecule has 0 amide bonds. The van der Waals surface area contributed by atoms with Gasteiger partial charge in [0.1, 0.15) is 0 Å². The summed E-state index contributed by atoms with van der Waals surface area (Å²) in [7, 11) is 0. The summed E-state index contributed by atoms with van der Waals surface area (Å²) < 4.78 is 0.725. The Hall–Kier alpha value is -0.980. The van der Waals surface area contributed by atoms with Gasteiger partial charge in [0.05, 0.1) is 4.92 Å². The molecule has 0 fully saturated rings. The molecular formula is C12H17BrN2O3. The largest absolute Gasteiger partial charge is 0.396 e. The van der Waals surface area contributed by atoms with E-state index in [1.54, 1.807) is 6.07 Å². The van der Waals surface area contributed by atoms with E-state index < -0.39 is 4.92 Å². The molecule has 100 valence electrons. The molecule has 6 heteroatoms. The van der Waals surface area contributed by atoms with Crippen LogP contribution in [0.1, 0.15) is 25.3 Å². The smallest absolute Gasteiger partial charge is 0.270 e. The highest BCUT2D eigenvalue weighted by Gasteiger charge is 2.10. The van der Waals surface area contributed by atoms with Crippen molar-refractivity contribution in [3.05, 3.63) is 38.3 Å². The first kappa shape index (κ1) is 15.1. The predicted octanol–water partition coefficient (Wildman–Crippen LogP) is 2.61. The number of nitrogens with one attached hydrogen (secondary N) is 1. The zero-order chi connectivity index (χ0) is 13.5. The Kier molecular flexibility index (Phi) is 6.24. The molecule has 1 aromatic rings. The molecule has 0 aliphatic carbocycles. The van der Waals surface area contributed by atoms with Gasteiger partial charge in [0.2, 0.25) is 0 Å². The summed E-state index contributed by atoms with van der Waals surface area (Å²) in [5, 5.41) is 22.8. The number of nitrogens with zero attached hydrogens (tertiary/aromatic N) is 1. The SMILES string of the molecule is CCC(CCO)NCc1ccc([N+](=O)[O-])cc1Br. The monoisotopic (exact) mass is 316 g/mol. The van der Waals surface area contributed by atoms with Crippen molar-refractivity contribution in [3.63, 3.8) is 0 Å². The highest BCUT2D eigenvalue weighted by Crippen LogP contribution is 2.23. The van der Waals surface area contributed by atoms with Crippen molar-refractivity contribution < 1.29 is 10.0 Å². The van der Waals surface area contributed by atoms with Gasteiger partial charge in [-0.25, -0.2) is 0 Å². The molecule has 1 unspecified atom stereocenters. The fourth-order valence-electron chi connectivity index (χ4n) is 1.65. The summed E-state index contributed by atoms with van der Waals surface area (Å²) in [5.41, 5.74) is 1.05. The minimum absolute atomic E-state index is 0.0769. The Morgan fingerprint density at radius 2 is 2.28 bits per heavy atom. The first-order valence-corrected chi connectivity index (χ1v) is 6.64. The van der Waals surface area contributed by atoms with E-state index in [-0.39, 0.29) is 18.3 Å². The Labute approximate surface area is 114 Å². The third-order valence-corrected chi connectivity index (χ3v) is 3.54. The van der Waals surface area contributed by atoms with Gasteiger partial charge in [-0.05, 0) is 24.5 Å². The van der Waals surface area contributed by atoms with Crippen molar-refractivity contribution in [1.82, 2.24) is 5.32 Å².